The summed E-state index contributed by atoms with van der Waals surface area (Å²) >= 11 is 18.4. The Hall–Kier alpha value is -2.00. The molecule has 0 aliphatic rings. The van der Waals surface area contributed by atoms with Crippen molar-refractivity contribution in [3.63, 3.8) is 0 Å². The summed E-state index contributed by atoms with van der Waals surface area (Å²) in [5, 5.41) is 3.84. The van der Waals surface area contributed by atoms with Crippen molar-refractivity contribution in [3.05, 3.63) is 62.6 Å². The topological polar surface area (TPSA) is 86.8 Å². The molecule has 0 saturated heterocycles. The van der Waals surface area contributed by atoms with Gasteiger partial charge < -0.3 is 10.2 Å². The smallest absolute Gasteiger partial charge is 0.244 e. The van der Waals surface area contributed by atoms with Crippen LogP contribution < -0.4 is 9.62 Å². The Morgan fingerprint density at radius 3 is 2.21 bits per heavy atom. The van der Waals surface area contributed by atoms with Gasteiger partial charge in [-0.25, -0.2) is 8.42 Å². The summed E-state index contributed by atoms with van der Waals surface area (Å²) < 4.78 is 26.3. The van der Waals surface area contributed by atoms with Crippen LogP contribution in [0.3, 0.4) is 0 Å². The predicted octanol–water partition coefficient (Wildman–Crippen LogP) is 4.66. The molecule has 0 spiro atoms. The molecule has 0 radical (unpaired) electrons. The second-order valence-corrected chi connectivity index (χ2v) is 11.0. The molecule has 0 aromatic heterocycles. The number of nitrogens with zero attached hydrogens (tertiary/aromatic N) is 2. The minimum atomic E-state index is -3.85. The summed E-state index contributed by atoms with van der Waals surface area (Å²) in [6, 6.07) is 8.83. The lowest BCUT2D eigenvalue weighted by atomic mass is 10.1. The average Bonchev–Trinajstić information content (AvgIpc) is 2.74. The standard InChI is InChI=1S/C23H28Cl3N3O4S/c1-5-20(23(31)27-6-2)28(13-16-8-10-17(24)11-19(16)26)22(30)14-29(34(4,32)33)21-12-18(25)9-7-15(21)3/h7-12,20H,5-6,13-14H2,1-4H3,(H,27,31)/t20-/m1/s1. The van der Waals surface area contributed by atoms with Gasteiger partial charge in [-0.2, -0.15) is 0 Å². The van der Waals surface area contributed by atoms with E-state index in [-0.39, 0.29) is 12.5 Å². The number of carbonyl (C=O) groups excluding carboxylic acids is 2. The van der Waals surface area contributed by atoms with Crippen LogP contribution in [0.5, 0.6) is 0 Å². The summed E-state index contributed by atoms with van der Waals surface area (Å²) in [7, 11) is -3.85. The van der Waals surface area contributed by atoms with Crippen LogP contribution >= 0.6 is 34.8 Å². The van der Waals surface area contributed by atoms with Crippen LogP contribution in [0, 0.1) is 6.92 Å². The molecule has 2 amide bonds. The number of nitrogens with one attached hydrogen (secondary N) is 1. The SMILES string of the molecule is CCNC(=O)[C@@H](CC)N(Cc1ccc(Cl)cc1Cl)C(=O)CN(c1cc(Cl)ccc1C)S(C)(=O)=O. The second-order valence-electron chi connectivity index (χ2n) is 7.78. The molecule has 0 fully saturated rings. The number of anilines is 1. The Kier molecular flexibility index (Phi) is 10.1. The van der Waals surface area contributed by atoms with Crippen molar-refractivity contribution >= 4 is 62.3 Å². The van der Waals surface area contributed by atoms with Crippen molar-refractivity contribution in [2.75, 3.05) is 23.7 Å². The molecular weight excluding hydrogens is 521 g/mol. The molecule has 1 atom stereocenters. The Morgan fingerprint density at radius 2 is 1.65 bits per heavy atom. The van der Waals surface area contributed by atoms with Crippen LogP contribution in [-0.4, -0.2) is 50.5 Å². The molecule has 0 aliphatic carbocycles. The molecule has 2 aromatic rings. The van der Waals surface area contributed by atoms with Gasteiger partial charge in [0.25, 0.3) is 0 Å². The third-order valence-corrected chi connectivity index (χ3v) is 7.16. The molecule has 7 nitrogen and oxygen atoms in total. The van der Waals surface area contributed by atoms with Gasteiger partial charge in [0.05, 0.1) is 11.9 Å². The minimum Gasteiger partial charge on any atom is -0.355 e. The van der Waals surface area contributed by atoms with Gasteiger partial charge >= 0.3 is 0 Å². The number of hydrogen-bond donors (Lipinski definition) is 1. The summed E-state index contributed by atoms with van der Waals surface area (Å²) in [4.78, 5) is 27.7. The molecule has 2 aromatic carbocycles. The van der Waals surface area contributed by atoms with E-state index in [2.05, 4.69) is 5.32 Å². The maximum Gasteiger partial charge on any atom is 0.244 e. The van der Waals surface area contributed by atoms with Crippen LogP contribution in [0.2, 0.25) is 15.1 Å². The molecule has 34 heavy (non-hydrogen) atoms. The van der Waals surface area contributed by atoms with Crippen LogP contribution in [0.15, 0.2) is 36.4 Å². The van der Waals surface area contributed by atoms with Gasteiger partial charge in [0, 0.05) is 28.2 Å². The van der Waals surface area contributed by atoms with Crippen molar-refractivity contribution in [3.8, 4) is 0 Å². The first-order valence-corrected chi connectivity index (χ1v) is 13.6. The number of hydrogen-bond acceptors (Lipinski definition) is 4. The molecule has 11 heteroatoms. The van der Waals surface area contributed by atoms with Gasteiger partial charge in [0.2, 0.25) is 21.8 Å². The number of rotatable bonds is 10. The molecule has 186 valence electrons. The lowest BCUT2D eigenvalue weighted by molar-refractivity contribution is -0.140. The summed E-state index contributed by atoms with van der Waals surface area (Å²) in [6.07, 6.45) is 1.33. The van der Waals surface area contributed by atoms with E-state index in [0.717, 1.165) is 10.6 Å². The maximum absolute atomic E-state index is 13.6. The van der Waals surface area contributed by atoms with E-state index in [1.54, 1.807) is 51.1 Å². The number of carbonyl (C=O) groups is 2. The van der Waals surface area contributed by atoms with Gasteiger partial charge in [-0.3, -0.25) is 13.9 Å². The Bertz CT molecular complexity index is 1160. The number of likely N-dealkylation sites (N-methyl/N-ethyl adjacent to an activating group) is 1. The van der Waals surface area contributed by atoms with E-state index in [9.17, 15) is 18.0 Å². The maximum atomic E-state index is 13.6. The lowest BCUT2D eigenvalue weighted by Crippen LogP contribution is -2.52. The normalized spacial score (nSPS) is 12.2. The zero-order chi connectivity index (χ0) is 25.6. The molecule has 0 heterocycles. The largest absolute Gasteiger partial charge is 0.355 e. The van der Waals surface area contributed by atoms with Crippen LogP contribution in [0.1, 0.15) is 31.4 Å². The van der Waals surface area contributed by atoms with Crippen molar-refractivity contribution in [1.82, 2.24) is 10.2 Å². The Balaban J connectivity index is 2.51. The summed E-state index contributed by atoms with van der Waals surface area (Å²) in [5.74, 6) is -0.901. The number of benzene rings is 2. The predicted molar refractivity (Wildman–Crippen MR) is 138 cm³/mol. The van der Waals surface area contributed by atoms with E-state index in [4.69, 9.17) is 34.8 Å². The molecular formula is C23H28Cl3N3O4S. The van der Waals surface area contributed by atoms with E-state index >= 15 is 0 Å². The fraction of sp³-hybridized carbons (Fsp3) is 0.391. The first-order valence-electron chi connectivity index (χ1n) is 10.6. The lowest BCUT2D eigenvalue weighted by Gasteiger charge is -2.33. The highest BCUT2D eigenvalue weighted by molar-refractivity contribution is 7.92. The number of sulfonamides is 1. The molecule has 0 saturated carbocycles. The quantitative estimate of drug-likeness (QED) is 0.468. The molecule has 1 N–H and O–H groups in total. The van der Waals surface area contributed by atoms with Gasteiger partial charge in [0.1, 0.15) is 12.6 Å². The fourth-order valence-corrected chi connectivity index (χ4v) is 5.02. The highest BCUT2D eigenvalue weighted by Gasteiger charge is 2.32. The van der Waals surface area contributed by atoms with E-state index in [1.165, 1.54) is 11.0 Å². The van der Waals surface area contributed by atoms with E-state index in [0.29, 0.717) is 44.8 Å². The molecule has 0 unspecified atom stereocenters. The van der Waals surface area contributed by atoms with Gasteiger partial charge in [0.15, 0.2) is 0 Å². The van der Waals surface area contributed by atoms with Crippen molar-refractivity contribution in [2.45, 2.75) is 39.8 Å². The number of halogens is 3. The van der Waals surface area contributed by atoms with Crippen LogP contribution in [0.25, 0.3) is 0 Å². The first-order chi connectivity index (χ1) is 15.9. The molecule has 0 bridgehead atoms. The highest BCUT2D eigenvalue weighted by Crippen LogP contribution is 2.28. The second kappa shape index (κ2) is 12.1. The first kappa shape index (κ1) is 28.2. The number of amides is 2. The van der Waals surface area contributed by atoms with Crippen molar-refractivity contribution in [2.24, 2.45) is 0 Å². The van der Waals surface area contributed by atoms with Crippen molar-refractivity contribution in [1.29, 1.82) is 0 Å². The van der Waals surface area contributed by atoms with Crippen molar-refractivity contribution < 1.29 is 18.0 Å². The van der Waals surface area contributed by atoms with Gasteiger partial charge in [-0.1, -0.05) is 53.9 Å². The minimum absolute atomic E-state index is 0.00337. The summed E-state index contributed by atoms with van der Waals surface area (Å²) in [6.45, 7) is 5.15. The third-order valence-electron chi connectivity index (χ3n) is 5.21. The van der Waals surface area contributed by atoms with Gasteiger partial charge in [-0.15, -0.1) is 0 Å². The molecule has 0 aliphatic heterocycles. The zero-order valence-electron chi connectivity index (χ0n) is 19.4. The number of aryl methyl sites for hydroxylation is 1. The van der Waals surface area contributed by atoms with Crippen LogP contribution in [-0.2, 0) is 26.2 Å². The highest BCUT2D eigenvalue weighted by atomic mass is 35.5. The van der Waals surface area contributed by atoms with Crippen LogP contribution in [0.4, 0.5) is 5.69 Å². The molecule has 2 rings (SSSR count). The Labute approximate surface area is 216 Å². The fourth-order valence-electron chi connectivity index (χ4n) is 3.49. The monoisotopic (exact) mass is 547 g/mol. The van der Waals surface area contributed by atoms with Gasteiger partial charge in [-0.05, 0) is 55.7 Å². The third kappa shape index (κ3) is 7.25. The summed E-state index contributed by atoms with van der Waals surface area (Å²) in [5.41, 5.74) is 1.50. The Morgan fingerprint density at radius 1 is 1.03 bits per heavy atom. The zero-order valence-corrected chi connectivity index (χ0v) is 22.5. The van der Waals surface area contributed by atoms with E-state index in [1.807, 2.05) is 0 Å². The average molecular weight is 549 g/mol. The van der Waals surface area contributed by atoms with E-state index < -0.39 is 28.5 Å².